The van der Waals surface area contributed by atoms with E-state index in [4.69, 9.17) is 0 Å². The van der Waals surface area contributed by atoms with E-state index in [1.54, 1.807) is 0 Å². The summed E-state index contributed by atoms with van der Waals surface area (Å²) in [7, 11) is 3.77. The number of rotatable bonds is 3. The van der Waals surface area contributed by atoms with Gasteiger partial charge in [-0.3, -0.25) is 0 Å². The van der Waals surface area contributed by atoms with E-state index in [0.29, 0.717) is 0 Å². The van der Waals surface area contributed by atoms with Gasteiger partial charge in [-0.05, 0) is 25.6 Å². The quantitative estimate of drug-likeness (QED) is 0.831. The molecule has 0 spiro atoms. The molecule has 0 unspecified atom stereocenters. The lowest BCUT2D eigenvalue weighted by molar-refractivity contribution is 0.764. The molecule has 0 aromatic carbocycles. The van der Waals surface area contributed by atoms with Gasteiger partial charge in [-0.25, -0.2) is 9.97 Å². The average molecular weight is 250 g/mol. The Kier molecular flexibility index (Phi) is 3.28. The molecular weight excluding hydrogens is 236 g/mol. The van der Waals surface area contributed by atoms with Crippen molar-refractivity contribution < 1.29 is 0 Å². The SMILES string of the molecule is CNc1cc(Sc2nnc(C)n2C)nc(C)n1. The highest BCUT2D eigenvalue weighted by atomic mass is 32.2. The van der Waals surface area contributed by atoms with Crippen LogP contribution in [0.1, 0.15) is 11.6 Å². The van der Waals surface area contributed by atoms with Gasteiger partial charge in [-0.1, -0.05) is 0 Å². The van der Waals surface area contributed by atoms with Crippen molar-refractivity contribution in [2.45, 2.75) is 24.0 Å². The molecule has 2 aromatic rings. The van der Waals surface area contributed by atoms with Crippen LogP contribution in [0, 0.1) is 13.8 Å². The van der Waals surface area contributed by atoms with E-state index in [1.807, 2.05) is 38.6 Å². The number of nitrogens with one attached hydrogen (secondary N) is 1. The summed E-state index contributed by atoms with van der Waals surface area (Å²) >= 11 is 1.48. The Balaban J connectivity index is 2.29. The van der Waals surface area contributed by atoms with Crippen LogP contribution < -0.4 is 5.32 Å². The third kappa shape index (κ3) is 2.55. The minimum absolute atomic E-state index is 0.734. The summed E-state index contributed by atoms with van der Waals surface area (Å²) in [4.78, 5) is 8.60. The molecule has 2 aromatic heterocycles. The molecule has 0 saturated heterocycles. The van der Waals surface area contributed by atoms with Crippen LogP contribution in [0.2, 0.25) is 0 Å². The first-order valence-corrected chi connectivity index (χ1v) is 5.99. The van der Waals surface area contributed by atoms with Gasteiger partial charge in [0.25, 0.3) is 0 Å². The van der Waals surface area contributed by atoms with Crippen molar-refractivity contribution in [2.75, 3.05) is 12.4 Å². The lowest BCUT2D eigenvalue weighted by Gasteiger charge is -2.04. The lowest BCUT2D eigenvalue weighted by Crippen LogP contribution is -1.98. The van der Waals surface area contributed by atoms with E-state index in [0.717, 1.165) is 27.6 Å². The second kappa shape index (κ2) is 4.70. The number of anilines is 1. The lowest BCUT2D eigenvalue weighted by atomic mass is 10.5. The number of aryl methyl sites for hydroxylation is 2. The minimum Gasteiger partial charge on any atom is -0.373 e. The van der Waals surface area contributed by atoms with Crippen molar-refractivity contribution in [1.29, 1.82) is 0 Å². The van der Waals surface area contributed by atoms with E-state index < -0.39 is 0 Å². The molecule has 0 fully saturated rings. The van der Waals surface area contributed by atoms with Gasteiger partial charge >= 0.3 is 0 Å². The van der Waals surface area contributed by atoms with Gasteiger partial charge in [0.15, 0.2) is 5.16 Å². The number of nitrogens with zero attached hydrogens (tertiary/aromatic N) is 5. The average Bonchev–Trinajstić information content (AvgIpc) is 2.60. The molecule has 0 bridgehead atoms. The summed E-state index contributed by atoms with van der Waals surface area (Å²) in [6.07, 6.45) is 0. The topological polar surface area (TPSA) is 68.5 Å². The van der Waals surface area contributed by atoms with Crippen LogP contribution in [0.3, 0.4) is 0 Å². The standard InChI is InChI=1S/C10H14N6S/c1-6-12-8(11-3)5-9(13-6)17-10-15-14-7(2)16(10)4/h5H,1-4H3,(H,11,12,13). The second-order valence-corrected chi connectivity index (χ2v) is 4.57. The zero-order chi connectivity index (χ0) is 12.4. The summed E-state index contributed by atoms with van der Waals surface area (Å²) in [5.74, 6) is 2.42. The fourth-order valence-electron chi connectivity index (χ4n) is 1.29. The molecule has 7 heteroatoms. The summed E-state index contributed by atoms with van der Waals surface area (Å²) in [6.45, 7) is 3.79. The predicted molar refractivity (Wildman–Crippen MR) is 66.2 cm³/mol. The van der Waals surface area contributed by atoms with E-state index in [2.05, 4.69) is 25.5 Å². The fourth-order valence-corrected chi connectivity index (χ4v) is 2.18. The molecule has 0 aliphatic rings. The van der Waals surface area contributed by atoms with Crippen molar-refractivity contribution in [3.05, 3.63) is 17.7 Å². The molecular formula is C10H14N6S. The van der Waals surface area contributed by atoms with Crippen molar-refractivity contribution in [3.8, 4) is 0 Å². The minimum atomic E-state index is 0.734. The largest absolute Gasteiger partial charge is 0.373 e. The van der Waals surface area contributed by atoms with Crippen molar-refractivity contribution >= 4 is 17.6 Å². The van der Waals surface area contributed by atoms with Crippen LogP contribution in [-0.4, -0.2) is 31.8 Å². The first-order chi connectivity index (χ1) is 8.10. The Morgan fingerprint density at radius 1 is 1.24 bits per heavy atom. The summed E-state index contributed by atoms with van der Waals surface area (Å²) < 4.78 is 1.93. The molecule has 6 nitrogen and oxygen atoms in total. The normalized spacial score (nSPS) is 10.6. The van der Waals surface area contributed by atoms with Crippen molar-refractivity contribution in [1.82, 2.24) is 24.7 Å². The zero-order valence-electron chi connectivity index (χ0n) is 10.2. The number of hydrogen-bond acceptors (Lipinski definition) is 6. The smallest absolute Gasteiger partial charge is 0.197 e. The summed E-state index contributed by atoms with van der Waals surface area (Å²) in [6, 6.07) is 1.89. The Hall–Kier alpha value is -1.63. The van der Waals surface area contributed by atoms with Gasteiger partial charge in [0.05, 0.1) is 0 Å². The monoisotopic (exact) mass is 250 g/mol. The van der Waals surface area contributed by atoms with Crippen LogP contribution in [-0.2, 0) is 7.05 Å². The highest BCUT2D eigenvalue weighted by Crippen LogP contribution is 2.25. The van der Waals surface area contributed by atoms with E-state index in [-0.39, 0.29) is 0 Å². The van der Waals surface area contributed by atoms with Gasteiger partial charge in [-0.2, -0.15) is 0 Å². The molecule has 0 aliphatic carbocycles. The predicted octanol–water partition coefficient (Wildman–Crippen LogP) is 1.41. The van der Waals surface area contributed by atoms with E-state index in [9.17, 15) is 0 Å². The second-order valence-electron chi connectivity index (χ2n) is 3.58. The molecule has 0 aliphatic heterocycles. The Morgan fingerprint density at radius 2 is 2.00 bits per heavy atom. The van der Waals surface area contributed by atoms with Gasteiger partial charge in [0.2, 0.25) is 0 Å². The van der Waals surface area contributed by atoms with Crippen LogP contribution in [0.25, 0.3) is 0 Å². The Morgan fingerprint density at radius 3 is 2.59 bits per heavy atom. The Labute approximate surface area is 104 Å². The number of hydrogen-bond donors (Lipinski definition) is 1. The maximum Gasteiger partial charge on any atom is 0.197 e. The molecule has 90 valence electrons. The van der Waals surface area contributed by atoms with E-state index >= 15 is 0 Å². The zero-order valence-corrected chi connectivity index (χ0v) is 11.0. The fraction of sp³-hybridized carbons (Fsp3) is 0.400. The highest BCUT2D eigenvalue weighted by molar-refractivity contribution is 7.99. The summed E-state index contributed by atoms with van der Waals surface area (Å²) in [5, 5.41) is 12.8. The van der Waals surface area contributed by atoms with Crippen LogP contribution in [0.5, 0.6) is 0 Å². The van der Waals surface area contributed by atoms with Crippen LogP contribution in [0.15, 0.2) is 16.2 Å². The Bertz CT molecular complexity index is 536. The third-order valence-corrected chi connectivity index (χ3v) is 3.28. The highest BCUT2D eigenvalue weighted by Gasteiger charge is 2.09. The maximum atomic E-state index is 4.36. The third-order valence-electron chi connectivity index (χ3n) is 2.32. The van der Waals surface area contributed by atoms with Crippen molar-refractivity contribution in [2.24, 2.45) is 7.05 Å². The van der Waals surface area contributed by atoms with Gasteiger partial charge in [-0.15, -0.1) is 10.2 Å². The molecule has 1 N–H and O–H groups in total. The molecule has 17 heavy (non-hydrogen) atoms. The first kappa shape index (κ1) is 11.8. The molecule has 0 radical (unpaired) electrons. The molecule has 2 heterocycles. The molecule has 2 rings (SSSR count). The van der Waals surface area contributed by atoms with Gasteiger partial charge < -0.3 is 9.88 Å². The molecule has 0 atom stereocenters. The first-order valence-electron chi connectivity index (χ1n) is 5.17. The maximum absolute atomic E-state index is 4.36. The summed E-state index contributed by atoms with van der Waals surface area (Å²) in [5.41, 5.74) is 0. The van der Waals surface area contributed by atoms with Gasteiger partial charge in [0.1, 0.15) is 22.5 Å². The van der Waals surface area contributed by atoms with E-state index in [1.165, 1.54) is 11.8 Å². The van der Waals surface area contributed by atoms with Gasteiger partial charge in [0, 0.05) is 20.2 Å². The van der Waals surface area contributed by atoms with Crippen LogP contribution in [0.4, 0.5) is 5.82 Å². The number of aromatic nitrogens is 5. The van der Waals surface area contributed by atoms with Crippen LogP contribution >= 0.6 is 11.8 Å². The molecule has 0 saturated carbocycles. The van der Waals surface area contributed by atoms with Crippen molar-refractivity contribution in [3.63, 3.8) is 0 Å². The molecule has 0 amide bonds.